The van der Waals surface area contributed by atoms with Gasteiger partial charge < -0.3 is 14.8 Å². The molecule has 3 heterocycles. The molecule has 4 nitrogen and oxygen atoms in total. The summed E-state index contributed by atoms with van der Waals surface area (Å²) in [6.07, 6.45) is 1.81. The quantitative estimate of drug-likeness (QED) is 0.655. The number of hydrogen-bond donors (Lipinski definition) is 1. The van der Waals surface area contributed by atoms with Crippen LogP contribution in [0.25, 0.3) is 5.69 Å². The molecule has 0 unspecified atom stereocenters. The largest absolute Gasteiger partial charge is 0.352 e. The third kappa shape index (κ3) is 3.07. The molecule has 0 radical (unpaired) electrons. The fourth-order valence-corrected chi connectivity index (χ4v) is 4.53. The van der Waals surface area contributed by atoms with Crippen molar-refractivity contribution in [2.75, 3.05) is 6.54 Å². The number of thiocarbonyl (C=S) groups is 1. The number of nitrogens with one attached hydrogen (secondary N) is 1. The van der Waals surface area contributed by atoms with Crippen LogP contribution in [0, 0.1) is 19.7 Å². The van der Waals surface area contributed by atoms with Gasteiger partial charge in [-0.2, -0.15) is 0 Å². The third-order valence-corrected chi connectivity index (χ3v) is 5.76. The van der Waals surface area contributed by atoms with Crippen LogP contribution < -0.4 is 5.32 Å². The van der Waals surface area contributed by atoms with Gasteiger partial charge in [0.05, 0.1) is 17.8 Å². The molecule has 144 valence electrons. The van der Waals surface area contributed by atoms with Crippen LogP contribution in [0.2, 0.25) is 0 Å². The summed E-state index contributed by atoms with van der Waals surface area (Å²) < 4.78 is 15.6. The number of aromatic nitrogens is 2. The summed E-state index contributed by atoms with van der Waals surface area (Å²) in [6.45, 7) is 7.10. The zero-order valence-electron chi connectivity index (χ0n) is 16.2. The number of hydrogen-bond acceptors (Lipinski definition) is 2. The first kappa shape index (κ1) is 18.6. The molecule has 1 aliphatic rings. The molecule has 4 rings (SSSR count). The molecular formula is C22H23FN4S. The number of aryl methyl sites for hydroxylation is 1. The van der Waals surface area contributed by atoms with Crippen molar-refractivity contribution in [1.29, 1.82) is 0 Å². The van der Waals surface area contributed by atoms with Gasteiger partial charge in [0.2, 0.25) is 0 Å². The van der Waals surface area contributed by atoms with E-state index in [0.717, 1.165) is 34.4 Å². The van der Waals surface area contributed by atoms with E-state index >= 15 is 0 Å². The second kappa shape index (κ2) is 7.36. The van der Waals surface area contributed by atoms with E-state index in [0.29, 0.717) is 0 Å². The molecule has 6 heteroatoms. The Bertz CT molecular complexity index is 997. The van der Waals surface area contributed by atoms with Crippen molar-refractivity contribution < 1.29 is 4.39 Å². The SMILES string of the molecule is CCN1C(=S)N[C@H](c2ccccn2)[C@@H]1c1cc(C)n(-c2ccc(F)cc2)c1C. The molecular weight excluding hydrogens is 371 g/mol. The number of benzene rings is 1. The topological polar surface area (TPSA) is 33.1 Å². The van der Waals surface area contributed by atoms with Crippen LogP contribution in [0.15, 0.2) is 54.7 Å². The number of nitrogens with zero attached hydrogens (tertiary/aromatic N) is 3. The Morgan fingerprint density at radius 2 is 1.89 bits per heavy atom. The minimum absolute atomic E-state index is 0.0178. The van der Waals surface area contributed by atoms with Crippen LogP contribution >= 0.6 is 12.2 Å². The second-order valence-corrected chi connectivity index (χ2v) is 7.44. The first-order valence-electron chi connectivity index (χ1n) is 9.44. The Morgan fingerprint density at radius 3 is 2.54 bits per heavy atom. The molecule has 0 saturated carbocycles. The molecule has 28 heavy (non-hydrogen) atoms. The highest BCUT2D eigenvalue weighted by Crippen LogP contribution is 2.41. The summed E-state index contributed by atoms with van der Waals surface area (Å²) in [4.78, 5) is 6.78. The third-order valence-electron chi connectivity index (χ3n) is 5.41. The molecule has 2 aromatic heterocycles. The highest BCUT2D eigenvalue weighted by molar-refractivity contribution is 7.80. The molecule has 1 aromatic carbocycles. The Labute approximate surface area is 170 Å². The van der Waals surface area contributed by atoms with E-state index in [1.54, 1.807) is 0 Å². The van der Waals surface area contributed by atoms with Gasteiger partial charge in [-0.1, -0.05) is 6.07 Å². The van der Waals surface area contributed by atoms with Gasteiger partial charge in [0.1, 0.15) is 5.82 Å². The summed E-state index contributed by atoms with van der Waals surface area (Å²) in [6, 6.07) is 14.8. The van der Waals surface area contributed by atoms with Crippen LogP contribution in [-0.4, -0.2) is 26.1 Å². The van der Waals surface area contributed by atoms with Crippen LogP contribution in [-0.2, 0) is 0 Å². The zero-order chi connectivity index (χ0) is 19.8. The Morgan fingerprint density at radius 1 is 1.14 bits per heavy atom. The predicted octanol–water partition coefficient (Wildman–Crippen LogP) is 4.62. The van der Waals surface area contributed by atoms with Crippen molar-refractivity contribution in [3.05, 3.63) is 83.2 Å². The lowest BCUT2D eigenvalue weighted by Gasteiger charge is -2.27. The Kier molecular flexibility index (Phi) is 4.89. The molecule has 0 bridgehead atoms. The average molecular weight is 395 g/mol. The Hall–Kier alpha value is -2.73. The normalized spacial score (nSPS) is 19.1. The van der Waals surface area contributed by atoms with E-state index in [9.17, 15) is 4.39 Å². The van der Waals surface area contributed by atoms with E-state index in [2.05, 4.69) is 46.6 Å². The molecule has 2 atom stereocenters. The van der Waals surface area contributed by atoms with Crippen LogP contribution in [0.5, 0.6) is 0 Å². The molecule has 0 spiro atoms. The van der Waals surface area contributed by atoms with Gasteiger partial charge in [-0.25, -0.2) is 4.39 Å². The van der Waals surface area contributed by atoms with E-state index in [-0.39, 0.29) is 17.9 Å². The van der Waals surface area contributed by atoms with Crippen molar-refractivity contribution >= 4 is 17.3 Å². The van der Waals surface area contributed by atoms with E-state index in [4.69, 9.17) is 12.2 Å². The number of pyridine rings is 1. The van der Waals surface area contributed by atoms with Crippen LogP contribution in [0.4, 0.5) is 4.39 Å². The zero-order valence-corrected chi connectivity index (χ0v) is 17.0. The van der Waals surface area contributed by atoms with Crippen molar-refractivity contribution in [1.82, 2.24) is 19.8 Å². The summed E-state index contributed by atoms with van der Waals surface area (Å²) in [5.74, 6) is -0.232. The molecule has 0 aliphatic carbocycles. The average Bonchev–Trinajstić information content (AvgIpc) is 3.18. The van der Waals surface area contributed by atoms with Gasteiger partial charge in [0.15, 0.2) is 5.11 Å². The van der Waals surface area contributed by atoms with Gasteiger partial charge in [0.25, 0.3) is 0 Å². The van der Waals surface area contributed by atoms with E-state index < -0.39 is 0 Å². The molecule has 1 saturated heterocycles. The first-order valence-corrected chi connectivity index (χ1v) is 9.85. The van der Waals surface area contributed by atoms with E-state index in [1.807, 2.05) is 36.5 Å². The number of rotatable bonds is 4. The second-order valence-electron chi connectivity index (χ2n) is 7.05. The van der Waals surface area contributed by atoms with Gasteiger partial charge in [0, 0.05) is 29.8 Å². The summed E-state index contributed by atoms with van der Waals surface area (Å²) in [5.41, 5.74) is 5.35. The molecule has 1 N–H and O–H groups in total. The van der Waals surface area contributed by atoms with Crippen molar-refractivity contribution in [3.8, 4) is 5.69 Å². The lowest BCUT2D eigenvalue weighted by atomic mass is 9.97. The number of halogens is 1. The molecule has 0 amide bonds. The van der Waals surface area contributed by atoms with Crippen molar-refractivity contribution in [2.24, 2.45) is 0 Å². The van der Waals surface area contributed by atoms with Crippen molar-refractivity contribution in [3.63, 3.8) is 0 Å². The maximum absolute atomic E-state index is 13.4. The van der Waals surface area contributed by atoms with Gasteiger partial charge in [-0.05, 0) is 81.0 Å². The highest BCUT2D eigenvalue weighted by atomic mass is 32.1. The van der Waals surface area contributed by atoms with E-state index in [1.165, 1.54) is 17.7 Å². The van der Waals surface area contributed by atoms with Crippen LogP contribution in [0.3, 0.4) is 0 Å². The molecule has 1 aliphatic heterocycles. The minimum atomic E-state index is -0.232. The van der Waals surface area contributed by atoms with Crippen LogP contribution in [0.1, 0.15) is 41.7 Å². The summed E-state index contributed by atoms with van der Waals surface area (Å²) in [5, 5.41) is 4.20. The summed E-state index contributed by atoms with van der Waals surface area (Å²) in [7, 11) is 0. The smallest absolute Gasteiger partial charge is 0.170 e. The fraction of sp³-hybridized carbons (Fsp3) is 0.273. The maximum Gasteiger partial charge on any atom is 0.170 e. The lowest BCUT2D eigenvalue weighted by Crippen LogP contribution is -2.29. The molecule has 1 fully saturated rings. The van der Waals surface area contributed by atoms with Crippen molar-refractivity contribution in [2.45, 2.75) is 32.9 Å². The van der Waals surface area contributed by atoms with Gasteiger partial charge in [-0.3, -0.25) is 4.98 Å². The summed E-state index contributed by atoms with van der Waals surface area (Å²) >= 11 is 5.62. The monoisotopic (exact) mass is 394 g/mol. The first-order chi connectivity index (χ1) is 13.5. The minimum Gasteiger partial charge on any atom is -0.352 e. The standard InChI is InChI=1S/C22H23FN4S/c1-4-26-21(20(25-22(26)28)19-7-5-6-12-24-19)18-13-14(2)27(15(18)3)17-10-8-16(23)9-11-17/h5-13,20-21H,4H2,1-3H3,(H,25,28)/t20-,21+/m1/s1. The molecule has 3 aromatic rings. The van der Waals surface area contributed by atoms with Gasteiger partial charge >= 0.3 is 0 Å². The number of likely N-dealkylation sites (N-methyl/N-ethyl adjacent to an activating group) is 1. The lowest BCUT2D eigenvalue weighted by molar-refractivity contribution is 0.329. The Balaban J connectivity index is 1.82. The van der Waals surface area contributed by atoms with Gasteiger partial charge in [-0.15, -0.1) is 0 Å². The highest BCUT2D eigenvalue weighted by Gasteiger charge is 2.40. The maximum atomic E-state index is 13.4. The fourth-order valence-electron chi connectivity index (χ4n) is 4.16. The predicted molar refractivity (Wildman–Crippen MR) is 113 cm³/mol.